The number of aromatic nitrogens is 2. The highest BCUT2D eigenvalue weighted by Crippen LogP contribution is 2.35. The number of ether oxygens (including phenoxy) is 1. The molecule has 1 fully saturated rings. The third-order valence-electron chi connectivity index (χ3n) is 4.96. The number of halogens is 2. The predicted molar refractivity (Wildman–Crippen MR) is 117 cm³/mol. The number of hydrogen-bond acceptors (Lipinski definition) is 7. The number of nitrogens with zero attached hydrogens (tertiary/aromatic N) is 4. The van der Waals surface area contributed by atoms with Crippen molar-refractivity contribution in [3.05, 3.63) is 57.9 Å². The molecular formula is C21H20Cl2N4O4. The van der Waals surface area contributed by atoms with Crippen LogP contribution in [0.2, 0.25) is 10.0 Å². The predicted octanol–water partition coefficient (Wildman–Crippen LogP) is 3.86. The maximum atomic E-state index is 12.7. The summed E-state index contributed by atoms with van der Waals surface area (Å²) >= 11 is 11.9. The summed E-state index contributed by atoms with van der Waals surface area (Å²) in [5, 5.41) is 13.6. The minimum atomic E-state index is -0.410. The van der Waals surface area contributed by atoms with Gasteiger partial charge in [-0.05, 0) is 29.8 Å². The van der Waals surface area contributed by atoms with Crippen LogP contribution < -0.4 is 4.90 Å². The lowest BCUT2D eigenvalue weighted by molar-refractivity contribution is 0.0735. The Morgan fingerprint density at radius 1 is 1.16 bits per heavy atom. The quantitative estimate of drug-likeness (QED) is 0.615. The monoisotopic (exact) mass is 462 g/mol. The van der Waals surface area contributed by atoms with Gasteiger partial charge in [-0.15, -0.1) is 0 Å². The van der Waals surface area contributed by atoms with Crippen LogP contribution in [0.25, 0.3) is 11.4 Å². The van der Waals surface area contributed by atoms with Crippen molar-refractivity contribution in [1.82, 2.24) is 15.0 Å². The number of amides is 1. The van der Waals surface area contributed by atoms with Gasteiger partial charge in [0.05, 0.1) is 23.3 Å². The number of carbonyl (C=O) groups is 1. The molecule has 0 unspecified atom stereocenters. The van der Waals surface area contributed by atoms with E-state index in [4.69, 9.17) is 32.5 Å². The summed E-state index contributed by atoms with van der Waals surface area (Å²) < 4.78 is 10.5. The first-order chi connectivity index (χ1) is 14.9. The van der Waals surface area contributed by atoms with Crippen LogP contribution in [0.4, 0.5) is 5.69 Å². The van der Waals surface area contributed by atoms with Crippen molar-refractivity contribution in [2.45, 2.75) is 6.54 Å². The van der Waals surface area contributed by atoms with E-state index in [0.29, 0.717) is 12.1 Å². The molecule has 2 heterocycles. The number of phenols is 1. The summed E-state index contributed by atoms with van der Waals surface area (Å²) in [4.78, 5) is 20.6. The Kier molecular flexibility index (Phi) is 6.31. The van der Waals surface area contributed by atoms with Crippen LogP contribution in [0, 0.1) is 0 Å². The molecule has 31 heavy (non-hydrogen) atoms. The van der Waals surface area contributed by atoms with E-state index >= 15 is 0 Å². The third kappa shape index (κ3) is 4.76. The van der Waals surface area contributed by atoms with E-state index in [0.717, 1.165) is 37.6 Å². The van der Waals surface area contributed by atoms with Crippen molar-refractivity contribution in [2.24, 2.45) is 0 Å². The van der Waals surface area contributed by atoms with E-state index in [9.17, 15) is 9.90 Å². The lowest BCUT2D eigenvalue weighted by Gasteiger charge is -2.29. The number of carbonyl (C=O) groups excluding carboxylic acids is 1. The number of hydrogen-bond donors (Lipinski definition) is 1. The summed E-state index contributed by atoms with van der Waals surface area (Å²) in [7, 11) is 1.66. The lowest BCUT2D eigenvalue weighted by atomic mass is 10.1. The van der Waals surface area contributed by atoms with E-state index in [1.165, 1.54) is 17.0 Å². The lowest BCUT2D eigenvalue weighted by Crippen LogP contribution is -2.36. The minimum Gasteiger partial charge on any atom is -0.505 e. The van der Waals surface area contributed by atoms with E-state index in [2.05, 4.69) is 15.0 Å². The van der Waals surface area contributed by atoms with Crippen LogP contribution >= 0.6 is 23.2 Å². The highest BCUT2D eigenvalue weighted by Gasteiger charge is 2.21. The normalized spacial score (nSPS) is 14.0. The van der Waals surface area contributed by atoms with Crippen LogP contribution in [0.1, 0.15) is 16.2 Å². The topological polar surface area (TPSA) is 91.9 Å². The molecule has 162 valence electrons. The molecule has 0 aliphatic carbocycles. The van der Waals surface area contributed by atoms with Crippen molar-refractivity contribution in [3.8, 4) is 17.1 Å². The van der Waals surface area contributed by atoms with Crippen LogP contribution in [0.3, 0.4) is 0 Å². The molecule has 8 nitrogen and oxygen atoms in total. The summed E-state index contributed by atoms with van der Waals surface area (Å²) in [5.41, 5.74) is 2.54. The van der Waals surface area contributed by atoms with Crippen molar-refractivity contribution < 1.29 is 19.2 Å². The number of rotatable bonds is 5. The van der Waals surface area contributed by atoms with E-state index < -0.39 is 5.91 Å². The third-order valence-corrected chi connectivity index (χ3v) is 5.54. The zero-order valence-electron chi connectivity index (χ0n) is 16.7. The second-order valence-corrected chi connectivity index (χ2v) is 7.95. The van der Waals surface area contributed by atoms with E-state index in [-0.39, 0.29) is 27.5 Å². The summed E-state index contributed by atoms with van der Waals surface area (Å²) in [6.07, 6.45) is 0. The Labute approximate surface area is 188 Å². The Morgan fingerprint density at radius 2 is 1.81 bits per heavy atom. The molecule has 2 aromatic carbocycles. The van der Waals surface area contributed by atoms with Gasteiger partial charge in [0, 0.05) is 37.9 Å². The molecule has 1 aliphatic rings. The molecule has 1 saturated heterocycles. The molecule has 1 N–H and O–H groups in total. The Balaban J connectivity index is 1.43. The number of aromatic hydroxyl groups is 1. The van der Waals surface area contributed by atoms with Gasteiger partial charge in [-0.25, -0.2) is 0 Å². The second-order valence-electron chi connectivity index (χ2n) is 7.14. The smallest absolute Gasteiger partial charge is 0.316 e. The molecule has 0 spiro atoms. The second kappa shape index (κ2) is 9.13. The SMILES string of the molecule is CN(Cc1ccc(N2CCOCC2)cc1)C(=O)c1nc(-c2cc(Cl)c(O)c(Cl)c2)no1. The van der Waals surface area contributed by atoms with Gasteiger partial charge in [0.2, 0.25) is 5.82 Å². The summed E-state index contributed by atoms with van der Waals surface area (Å²) in [6.45, 7) is 3.58. The standard InChI is InChI=1S/C21H20Cl2N4O4/c1-26(12-13-2-4-15(5-3-13)27-6-8-30-9-7-27)21(29)20-24-19(25-31-20)14-10-16(22)18(28)17(23)11-14/h2-5,10-11,28H,6-9,12H2,1H3. The molecule has 1 aromatic heterocycles. The average Bonchev–Trinajstić information content (AvgIpc) is 3.28. The van der Waals surface area contributed by atoms with Gasteiger partial charge in [0.15, 0.2) is 5.75 Å². The van der Waals surface area contributed by atoms with Crippen LogP contribution in [0.15, 0.2) is 40.9 Å². The first kappa shape index (κ1) is 21.4. The molecule has 10 heteroatoms. The fourth-order valence-electron chi connectivity index (χ4n) is 3.26. The maximum Gasteiger partial charge on any atom is 0.316 e. The Bertz CT molecular complexity index is 1060. The highest BCUT2D eigenvalue weighted by atomic mass is 35.5. The van der Waals surface area contributed by atoms with Crippen LogP contribution in [-0.2, 0) is 11.3 Å². The van der Waals surface area contributed by atoms with E-state index in [1.54, 1.807) is 7.05 Å². The molecular weight excluding hydrogens is 443 g/mol. The fourth-order valence-corrected chi connectivity index (χ4v) is 3.75. The molecule has 4 rings (SSSR count). The van der Waals surface area contributed by atoms with Crippen LogP contribution in [0.5, 0.6) is 5.75 Å². The van der Waals surface area contributed by atoms with Crippen molar-refractivity contribution in [3.63, 3.8) is 0 Å². The maximum absolute atomic E-state index is 12.7. The van der Waals surface area contributed by atoms with Crippen molar-refractivity contribution >= 4 is 34.8 Å². The fraction of sp³-hybridized carbons (Fsp3) is 0.286. The zero-order valence-corrected chi connectivity index (χ0v) is 18.2. The van der Waals surface area contributed by atoms with Gasteiger partial charge in [-0.3, -0.25) is 4.79 Å². The highest BCUT2D eigenvalue weighted by molar-refractivity contribution is 6.37. The molecule has 3 aromatic rings. The Morgan fingerprint density at radius 3 is 2.45 bits per heavy atom. The van der Waals surface area contributed by atoms with Gasteiger partial charge in [0.1, 0.15) is 0 Å². The molecule has 1 aliphatic heterocycles. The van der Waals surface area contributed by atoms with Gasteiger partial charge in [-0.1, -0.05) is 40.5 Å². The summed E-state index contributed by atoms with van der Waals surface area (Å²) in [5.74, 6) is -0.642. The first-order valence-electron chi connectivity index (χ1n) is 9.61. The number of benzene rings is 2. The number of anilines is 1. The number of phenolic OH excluding ortho intramolecular Hbond substituents is 1. The van der Waals surface area contributed by atoms with Crippen LogP contribution in [-0.4, -0.2) is 59.4 Å². The molecule has 1 amide bonds. The van der Waals surface area contributed by atoms with Gasteiger partial charge in [-0.2, -0.15) is 4.98 Å². The average molecular weight is 463 g/mol. The van der Waals surface area contributed by atoms with Gasteiger partial charge < -0.3 is 24.2 Å². The largest absolute Gasteiger partial charge is 0.505 e. The molecule has 0 atom stereocenters. The van der Waals surface area contributed by atoms with E-state index in [1.807, 2.05) is 24.3 Å². The molecule has 0 bridgehead atoms. The zero-order chi connectivity index (χ0) is 22.0. The minimum absolute atomic E-state index is 0.0535. The number of morpholine rings is 1. The van der Waals surface area contributed by atoms with Crippen molar-refractivity contribution in [1.29, 1.82) is 0 Å². The van der Waals surface area contributed by atoms with Gasteiger partial charge in [0.25, 0.3) is 0 Å². The first-order valence-corrected chi connectivity index (χ1v) is 10.4. The molecule has 0 saturated carbocycles. The van der Waals surface area contributed by atoms with Gasteiger partial charge >= 0.3 is 11.8 Å². The Hall–Kier alpha value is -2.81. The van der Waals surface area contributed by atoms with Crippen molar-refractivity contribution in [2.75, 3.05) is 38.3 Å². The summed E-state index contributed by atoms with van der Waals surface area (Å²) in [6, 6.07) is 11.0. The molecule has 0 radical (unpaired) electrons.